The third-order valence-corrected chi connectivity index (χ3v) is 1.91. The van der Waals surface area contributed by atoms with E-state index in [1.165, 1.54) is 24.8 Å². The van der Waals surface area contributed by atoms with E-state index in [-0.39, 0.29) is 0 Å². The van der Waals surface area contributed by atoms with Gasteiger partial charge in [0.05, 0.1) is 6.26 Å². The average molecular weight is 137 g/mol. The van der Waals surface area contributed by atoms with Gasteiger partial charge in [0, 0.05) is 12.1 Å². The third-order valence-electron chi connectivity index (χ3n) is 1.91. The Morgan fingerprint density at radius 1 is 1.40 bits per heavy atom. The summed E-state index contributed by atoms with van der Waals surface area (Å²) >= 11 is 0. The van der Waals surface area contributed by atoms with Gasteiger partial charge >= 0.3 is 0 Å². The lowest BCUT2D eigenvalue weighted by atomic mass is 10.2. The molecule has 0 fully saturated rings. The highest BCUT2D eigenvalue weighted by Crippen LogP contribution is 2.21. The van der Waals surface area contributed by atoms with Crippen molar-refractivity contribution < 1.29 is 4.42 Å². The van der Waals surface area contributed by atoms with Crippen LogP contribution in [0.2, 0.25) is 0 Å². The topological polar surface area (TPSA) is 25.2 Å². The van der Waals surface area contributed by atoms with Gasteiger partial charge in [0.15, 0.2) is 5.88 Å². The van der Waals surface area contributed by atoms with E-state index in [0.29, 0.717) is 0 Å². The second kappa shape index (κ2) is 2.37. The molecule has 54 valence electrons. The summed E-state index contributed by atoms with van der Waals surface area (Å²) in [6.07, 6.45) is 5.45. The normalized spacial score (nSPS) is 17.2. The van der Waals surface area contributed by atoms with Gasteiger partial charge in [-0.15, -0.1) is 0 Å². The van der Waals surface area contributed by atoms with Gasteiger partial charge in [-0.2, -0.15) is 0 Å². The molecule has 1 aromatic rings. The Morgan fingerprint density at radius 2 is 2.40 bits per heavy atom. The summed E-state index contributed by atoms with van der Waals surface area (Å²) in [5, 5.41) is 3.24. The van der Waals surface area contributed by atoms with E-state index >= 15 is 0 Å². The fourth-order valence-corrected chi connectivity index (χ4v) is 1.33. The van der Waals surface area contributed by atoms with E-state index in [1.54, 1.807) is 6.26 Å². The summed E-state index contributed by atoms with van der Waals surface area (Å²) in [6.45, 7) is 1.06. The largest absolute Gasteiger partial charge is 0.449 e. The van der Waals surface area contributed by atoms with Gasteiger partial charge in [-0.1, -0.05) is 0 Å². The van der Waals surface area contributed by atoms with Crippen LogP contribution < -0.4 is 5.32 Å². The van der Waals surface area contributed by atoms with Crippen LogP contribution in [0.25, 0.3) is 0 Å². The van der Waals surface area contributed by atoms with Crippen molar-refractivity contribution in [3.05, 3.63) is 17.9 Å². The Kier molecular flexibility index (Phi) is 1.38. The van der Waals surface area contributed by atoms with Crippen LogP contribution in [0, 0.1) is 0 Å². The first kappa shape index (κ1) is 5.83. The minimum Gasteiger partial charge on any atom is -0.449 e. The molecule has 1 aliphatic heterocycles. The van der Waals surface area contributed by atoms with Crippen molar-refractivity contribution in [2.45, 2.75) is 19.3 Å². The zero-order chi connectivity index (χ0) is 6.81. The van der Waals surface area contributed by atoms with Crippen molar-refractivity contribution >= 4 is 5.88 Å². The fourth-order valence-electron chi connectivity index (χ4n) is 1.33. The molecule has 0 spiro atoms. The van der Waals surface area contributed by atoms with Gasteiger partial charge in [0.25, 0.3) is 0 Å². The zero-order valence-electron chi connectivity index (χ0n) is 5.89. The quantitative estimate of drug-likeness (QED) is 0.591. The van der Waals surface area contributed by atoms with Crippen molar-refractivity contribution in [1.29, 1.82) is 0 Å². The molecule has 1 N–H and O–H groups in total. The summed E-state index contributed by atoms with van der Waals surface area (Å²) in [5.74, 6) is 0.984. The highest BCUT2D eigenvalue weighted by Gasteiger charge is 2.08. The number of anilines is 1. The first-order valence-corrected chi connectivity index (χ1v) is 3.77. The smallest absolute Gasteiger partial charge is 0.195 e. The summed E-state index contributed by atoms with van der Waals surface area (Å²) in [6, 6.07) is 2.05. The molecule has 2 nitrogen and oxygen atoms in total. The molecule has 0 atom stereocenters. The zero-order valence-corrected chi connectivity index (χ0v) is 5.89. The molecule has 10 heavy (non-hydrogen) atoms. The van der Waals surface area contributed by atoms with Crippen LogP contribution in [-0.2, 0) is 6.42 Å². The Balaban J connectivity index is 2.28. The number of rotatable bonds is 0. The molecule has 2 heterocycles. The molecule has 0 bridgehead atoms. The van der Waals surface area contributed by atoms with Crippen LogP contribution in [0.5, 0.6) is 0 Å². The number of aryl methyl sites for hydroxylation is 1. The Labute approximate surface area is 60.2 Å². The monoisotopic (exact) mass is 137 g/mol. The minimum absolute atomic E-state index is 0.984. The lowest BCUT2D eigenvalue weighted by Crippen LogP contribution is -1.97. The van der Waals surface area contributed by atoms with Crippen molar-refractivity contribution in [1.82, 2.24) is 0 Å². The maximum absolute atomic E-state index is 5.22. The molecule has 1 aromatic heterocycles. The van der Waals surface area contributed by atoms with Gasteiger partial charge in [-0.3, -0.25) is 0 Å². The van der Waals surface area contributed by atoms with Crippen LogP contribution in [-0.4, -0.2) is 6.54 Å². The molecule has 0 saturated carbocycles. The summed E-state index contributed by atoms with van der Waals surface area (Å²) in [4.78, 5) is 0. The van der Waals surface area contributed by atoms with E-state index < -0.39 is 0 Å². The van der Waals surface area contributed by atoms with E-state index in [9.17, 15) is 0 Å². The predicted molar refractivity (Wildman–Crippen MR) is 40.1 cm³/mol. The van der Waals surface area contributed by atoms with Crippen LogP contribution >= 0.6 is 0 Å². The molecular formula is C8H11NO. The SMILES string of the molecule is c1cc2c(o1)NCCCC2. The van der Waals surface area contributed by atoms with Crippen LogP contribution in [0.3, 0.4) is 0 Å². The second-order valence-electron chi connectivity index (χ2n) is 2.66. The van der Waals surface area contributed by atoms with Gasteiger partial charge in [-0.05, 0) is 25.3 Å². The Hall–Kier alpha value is -0.920. The maximum atomic E-state index is 5.22. The molecule has 0 saturated heterocycles. The molecule has 0 radical (unpaired) electrons. The molecule has 0 amide bonds. The lowest BCUT2D eigenvalue weighted by Gasteiger charge is -1.96. The molecule has 1 aliphatic rings. The van der Waals surface area contributed by atoms with Gasteiger partial charge in [0.1, 0.15) is 0 Å². The summed E-state index contributed by atoms with van der Waals surface area (Å²) in [5.41, 5.74) is 1.33. The third kappa shape index (κ3) is 0.897. The van der Waals surface area contributed by atoms with Gasteiger partial charge < -0.3 is 9.73 Å². The van der Waals surface area contributed by atoms with E-state index in [4.69, 9.17) is 4.42 Å². The first-order valence-electron chi connectivity index (χ1n) is 3.77. The first-order chi connectivity index (χ1) is 4.97. The summed E-state index contributed by atoms with van der Waals surface area (Å²) < 4.78 is 5.22. The second-order valence-corrected chi connectivity index (χ2v) is 2.66. The molecule has 0 aliphatic carbocycles. The van der Waals surface area contributed by atoms with Crippen LogP contribution in [0.15, 0.2) is 16.7 Å². The minimum atomic E-state index is 0.984. The van der Waals surface area contributed by atoms with Crippen molar-refractivity contribution in [3.63, 3.8) is 0 Å². The number of fused-ring (bicyclic) bond motifs is 1. The summed E-state index contributed by atoms with van der Waals surface area (Å²) in [7, 11) is 0. The van der Waals surface area contributed by atoms with E-state index in [1.807, 2.05) is 6.07 Å². The Bertz CT molecular complexity index is 196. The van der Waals surface area contributed by atoms with Crippen molar-refractivity contribution in [2.75, 3.05) is 11.9 Å². The van der Waals surface area contributed by atoms with Crippen LogP contribution in [0.4, 0.5) is 5.88 Å². The van der Waals surface area contributed by atoms with Crippen LogP contribution in [0.1, 0.15) is 18.4 Å². The number of hydrogen-bond donors (Lipinski definition) is 1. The molecule has 0 unspecified atom stereocenters. The number of nitrogens with one attached hydrogen (secondary N) is 1. The standard InChI is InChI=1S/C8H11NO/c1-2-5-9-8-7(3-1)4-6-10-8/h4,6,9H,1-3,5H2. The fraction of sp³-hybridized carbons (Fsp3) is 0.500. The van der Waals surface area contributed by atoms with Gasteiger partial charge in [0.2, 0.25) is 0 Å². The molecule has 0 aromatic carbocycles. The van der Waals surface area contributed by atoms with E-state index in [0.717, 1.165) is 12.4 Å². The number of hydrogen-bond acceptors (Lipinski definition) is 2. The lowest BCUT2D eigenvalue weighted by molar-refractivity contribution is 0.578. The highest BCUT2D eigenvalue weighted by molar-refractivity contribution is 5.41. The van der Waals surface area contributed by atoms with Gasteiger partial charge in [-0.25, -0.2) is 0 Å². The van der Waals surface area contributed by atoms with Crippen molar-refractivity contribution in [3.8, 4) is 0 Å². The van der Waals surface area contributed by atoms with Crippen molar-refractivity contribution in [2.24, 2.45) is 0 Å². The maximum Gasteiger partial charge on any atom is 0.195 e. The molecule has 2 rings (SSSR count). The predicted octanol–water partition coefficient (Wildman–Crippen LogP) is 2.03. The highest BCUT2D eigenvalue weighted by atomic mass is 16.3. The Morgan fingerprint density at radius 3 is 3.40 bits per heavy atom. The molecule has 2 heteroatoms. The number of furan rings is 1. The average Bonchev–Trinajstić information content (AvgIpc) is 2.28. The molecular weight excluding hydrogens is 126 g/mol. The van der Waals surface area contributed by atoms with E-state index in [2.05, 4.69) is 5.32 Å².